The molecule has 0 spiro atoms. The molecule has 0 aliphatic rings. The van der Waals surface area contributed by atoms with E-state index in [4.69, 9.17) is 0 Å². The molecule has 2 aromatic carbocycles. The van der Waals surface area contributed by atoms with Crippen LogP contribution in [0.15, 0.2) is 42.5 Å². The molecule has 114 valence electrons. The van der Waals surface area contributed by atoms with Crippen LogP contribution in [0.5, 0.6) is 11.5 Å². The fraction of sp³-hybridized carbons (Fsp3) is 0.158. The summed E-state index contributed by atoms with van der Waals surface area (Å²) in [5.41, 5.74) is 2.66. The second-order valence-electron chi connectivity index (χ2n) is 5.77. The lowest BCUT2D eigenvalue weighted by Gasteiger charge is -2.14. The maximum absolute atomic E-state index is 10.2. The van der Waals surface area contributed by atoms with E-state index in [-0.39, 0.29) is 23.1 Å². The van der Waals surface area contributed by atoms with Gasteiger partial charge in [-0.3, -0.25) is 0 Å². The molecule has 0 bridgehead atoms. The maximum atomic E-state index is 10.2. The highest BCUT2D eigenvalue weighted by molar-refractivity contribution is 5.86. The Kier molecular flexibility index (Phi) is 3.63. The van der Waals surface area contributed by atoms with Crippen molar-refractivity contribution in [2.24, 2.45) is 0 Å². The summed E-state index contributed by atoms with van der Waals surface area (Å²) in [5.74, 6) is 0.0355. The summed E-state index contributed by atoms with van der Waals surface area (Å²) in [7, 11) is 0. The number of para-hydroxylation sites is 1. The second-order valence-corrected chi connectivity index (χ2v) is 5.77. The summed E-state index contributed by atoms with van der Waals surface area (Å²) in [6.45, 7) is 3.79. The van der Waals surface area contributed by atoms with Crippen molar-refractivity contribution in [3.8, 4) is 28.7 Å². The number of benzene rings is 2. The Bertz CT molecular complexity index is 917. The number of phenolic OH excluding ortho intramolecular Hbond substituents is 2. The first kappa shape index (κ1) is 14.9. The Morgan fingerprint density at radius 2 is 1.70 bits per heavy atom. The number of fused-ring (bicyclic) bond motifs is 1. The number of hydrogen-bond acceptors (Lipinski definition) is 4. The van der Waals surface area contributed by atoms with E-state index >= 15 is 0 Å². The molecule has 1 heterocycles. The molecule has 2 N–H and O–H groups in total. The monoisotopic (exact) mass is 304 g/mol. The highest BCUT2D eigenvalue weighted by Crippen LogP contribution is 2.39. The van der Waals surface area contributed by atoms with Crippen molar-refractivity contribution < 1.29 is 10.2 Å². The van der Waals surface area contributed by atoms with Crippen LogP contribution in [0, 0.1) is 11.3 Å². The molecule has 0 atom stereocenters. The second kappa shape index (κ2) is 5.62. The first-order chi connectivity index (χ1) is 11.0. The van der Waals surface area contributed by atoms with Gasteiger partial charge in [0.15, 0.2) is 0 Å². The van der Waals surface area contributed by atoms with Crippen LogP contribution < -0.4 is 0 Å². The van der Waals surface area contributed by atoms with E-state index in [0.29, 0.717) is 16.7 Å². The largest absolute Gasteiger partial charge is 0.507 e. The van der Waals surface area contributed by atoms with E-state index in [2.05, 4.69) is 11.1 Å². The van der Waals surface area contributed by atoms with E-state index in [1.807, 2.05) is 44.2 Å². The van der Waals surface area contributed by atoms with Gasteiger partial charge in [-0.05, 0) is 35.7 Å². The van der Waals surface area contributed by atoms with Crippen molar-refractivity contribution in [1.29, 1.82) is 5.26 Å². The standard InChI is InChI=1S/C19H16N2O2/c1-11(2)19-17(22)8-13(9-18(19)23)14-7-12-5-3-4-6-15(12)21-16(14)10-20/h3-9,11,22-23H,1-2H3. The van der Waals surface area contributed by atoms with Gasteiger partial charge in [-0.1, -0.05) is 32.0 Å². The van der Waals surface area contributed by atoms with Crippen LogP contribution in [0.3, 0.4) is 0 Å². The van der Waals surface area contributed by atoms with E-state index in [1.54, 1.807) is 12.1 Å². The number of pyridine rings is 1. The van der Waals surface area contributed by atoms with Crippen molar-refractivity contribution in [3.05, 3.63) is 53.7 Å². The Balaban J connectivity index is 2.26. The van der Waals surface area contributed by atoms with Crippen molar-refractivity contribution in [2.75, 3.05) is 0 Å². The number of aromatic nitrogens is 1. The number of rotatable bonds is 2. The Labute approximate surface area is 134 Å². The molecule has 0 fully saturated rings. The van der Waals surface area contributed by atoms with Crippen LogP contribution in [-0.2, 0) is 0 Å². The molecular formula is C19H16N2O2. The Morgan fingerprint density at radius 3 is 2.30 bits per heavy atom. The molecule has 0 aliphatic heterocycles. The lowest BCUT2D eigenvalue weighted by Crippen LogP contribution is -1.94. The molecular weight excluding hydrogens is 288 g/mol. The number of phenols is 2. The highest BCUT2D eigenvalue weighted by Gasteiger charge is 2.16. The van der Waals surface area contributed by atoms with Gasteiger partial charge in [0.25, 0.3) is 0 Å². The smallest absolute Gasteiger partial charge is 0.149 e. The molecule has 0 saturated heterocycles. The lowest BCUT2D eigenvalue weighted by atomic mass is 9.95. The number of nitrogens with zero attached hydrogens (tertiary/aromatic N) is 2. The maximum Gasteiger partial charge on any atom is 0.149 e. The van der Waals surface area contributed by atoms with E-state index in [0.717, 1.165) is 10.9 Å². The first-order valence-electron chi connectivity index (χ1n) is 7.37. The molecule has 0 radical (unpaired) electrons. The third-order valence-electron chi connectivity index (χ3n) is 3.85. The molecule has 4 nitrogen and oxygen atoms in total. The zero-order valence-electron chi connectivity index (χ0n) is 12.9. The summed E-state index contributed by atoms with van der Waals surface area (Å²) in [6.07, 6.45) is 0. The predicted octanol–water partition coefficient (Wildman–Crippen LogP) is 4.31. The summed E-state index contributed by atoms with van der Waals surface area (Å²) in [6, 6.07) is 14.6. The molecule has 3 aromatic rings. The molecule has 0 saturated carbocycles. The van der Waals surface area contributed by atoms with Gasteiger partial charge in [0.05, 0.1) is 5.52 Å². The van der Waals surface area contributed by atoms with Crippen molar-refractivity contribution in [3.63, 3.8) is 0 Å². The Morgan fingerprint density at radius 1 is 1.04 bits per heavy atom. The van der Waals surface area contributed by atoms with E-state index in [1.165, 1.54) is 0 Å². The first-order valence-corrected chi connectivity index (χ1v) is 7.37. The summed E-state index contributed by atoms with van der Waals surface area (Å²) < 4.78 is 0. The lowest BCUT2D eigenvalue weighted by molar-refractivity contribution is 0.434. The van der Waals surface area contributed by atoms with Crippen LogP contribution >= 0.6 is 0 Å². The minimum atomic E-state index is -0.00536. The van der Waals surface area contributed by atoms with Crippen LogP contribution in [-0.4, -0.2) is 15.2 Å². The van der Waals surface area contributed by atoms with Crippen molar-refractivity contribution in [2.45, 2.75) is 19.8 Å². The number of aromatic hydroxyl groups is 2. The predicted molar refractivity (Wildman–Crippen MR) is 89.3 cm³/mol. The number of nitriles is 1. The fourth-order valence-corrected chi connectivity index (χ4v) is 2.79. The number of hydrogen-bond donors (Lipinski definition) is 2. The molecule has 23 heavy (non-hydrogen) atoms. The summed E-state index contributed by atoms with van der Waals surface area (Å²) in [4.78, 5) is 4.36. The van der Waals surface area contributed by atoms with Gasteiger partial charge in [0, 0.05) is 16.5 Å². The average molecular weight is 304 g/mol. The quantitative estimate of drug-likeness (QED) is 0.739. The molecule has 4 heteroatoms. The van der Waals surface area contributed by atoms with Gasteiger partial charge in [0.1, 0.15) is 23.3 Å². The van der Waals surface area contributed by atoms with Gasteiger partial charge >= 0.3 is 0 Å². The van der Waals surface area contributed by atoms with Gasteiger partial charge in [-0.15, -0.1) is 0 Å². The Hall–Kier alpha value is -3.06. The van der Waals surface area contributed by atoms with Gasteiger partial charge in [0.2, 0.25) is 0 Å². The third-order valence-corrected chi connectivity index (χ3v) is 3.85. The fourth-order valence-electron chi connectivity index (χ4n) is 2.79. The zero-order chi connectivity index (χ0) is 16.6. The summed E-state index contributed by atoms with van der Waals surface area (Å²) in [5, 5.41) is 30.7. The van der Waals surface area contributed by atoms with Crippen LogP contribution in [0.2, 0.25) is 0 Å². The summed E-state index contributed by atoms with van der Waals surface area (Å²) >= 11 is 0. The van der Waals surface area contributed by atoms with Crippen LogP contribution in [0.25, 0.3) is 22.0 Å². The molecule has 0 amide bonds. The average Bonchev–Trinajstić information content (AvgIpc) is 2.52. The minimum absolute atomic E-state index is 0.00536. The van der Waals surface area contributed by atoms with Crippen molar-refractivity contribution in [1.82, 2.24) is 4.98 Å². The normalized spacial score (nSPS) is 10.9. The van der Waals surface area contributed by atoms with E-state index in [9.17, 15) is 15.5 Å². The van der Waals surface area contributed by atoms with Gasteiger partial charge < -0.3 is 10.2 Å². The van der Waals surface area contributed by atoms with Crippen LogP contribution in [0.4, 0.5) is 0 Å². The SMILES string of the molecule is CC(C)c1c(O)cc(-c2cc3ccccc3nc2C#N)cc1O. The van der Waals surface area contributed by atoms with Gasteiger partial charge in [-0.2, -0.15) is 5.26 Å². The zero-order valence-corrected chi connectivity index (χ0v) is 12.9. The van der Waals surface area contributed by atoms with Crippen molar-refractivity contribution >= 4 is 10.9 Å². The topological polar surface area (TPSA) is 77.1 Å². The molecule has 0 unspecified atom stereocenters. The van der Waals surface area contributed by atoms with E-state index < -0.39 is 0 Å². The molecule has 1 aromatic heterocycles. The highest BCUT2D eigenvalue weighted by atomic mass is 16.3. The van der Waals surface area contributed by atoms with Crippen LogP contribution in [0.1, 0.15) is 31.0 Å². The molecule has 3 rings (SSSR count). The minimum Gasteiger partial charge on any atom is -0.507 e. The molecule has 0 aliphatic carbocycles. The third kappa shape index (κ3) is 2.58. The van der Waals surface area contributed by atoms with Gasteiger partial charge in [-0.25, -0.2) is 4.98 Å².